The van der Waals surface area contributed by atoms with Crippen LogP contribution in [-0.2, 0) is 0 Å². The molecule has 4 rings (SSSR count). The first-order valence-electron chi connectivity index (χ1n) is 7.55. The molecule has 0 atom stereocenters. The Balaban J connectivity index is 1.59. The Labute approximate surface area is 146 Å². The number of aromatic nitrogens is 1. The van der Waals surface area contributed by atoms with E-state index in [9.17, 15) is 9.59 Å². The Morgan fingerprint density at radius 2 is 1.88 bits per heavy atom. The molecule has 0 aliphatic rings. The Kier molecular flexibility index (Phi) is 3.87. The van der Waals surface area contributed by atoms with Crippen LogP contribution in [0.25, 0.3) is 21.5 Å². The number of rotatable bonds is 3. The lowest BCUT2D eigenvalue weighted by atomic mass is 10.2. The van der Waals surface area contributed by atoms with Gasteiger partial charge in [-0.15, -0.1) is 11.3 Å². The number of amides is 1. The Bertz CT molecular complexity index is 1100. The predicted molar refractivity (Wildman–Crippen MR) is 98.0 cm³/mol. The second-order valence-corrected chi connectivity index (χ2v) is 6.23. The second kappa shape index (κ2) is 6.33. The van der Waals surface area contributed by atoms with Crippen molar-refractivity contribution in [2.45, 2.75) is 0 Å². The van der Waals surface area contributed by atoms with Crippen LogP contribution in [0.15, 0.2) is 75.4 Å². The number of hydrogen-bond acceptors (Lipinski definition) is 5. The summed E-state index contributed by atoms with van der Waals surface area (Å²) in [5.74, 6) is -0.488. The van der Waals surface area contributed by atoms with Crippen LogP contribution < -0.4 is 10.7 Å². The highest BCUT2D eigenvalue weighted by atomic mass is 32.1. The molecule has 5 nitrogen and oxygen atoms in total. The molecule has 1 N–H and O–H groups in total. The summed E-state index contributed by atoms with van der Waals surface area (Å²) >= 11 is 1.55. The van der Waals surface area contributed by atoms with Crippen LogP contribution in [0.1, 0.15) is 10.6 Å². The summed E-state index contributed by atoms with van der Waals surface area (Å²) in [4.78, 5) is 28.7. The zero-order valence-corrected chi connectivity index (χ0v) is 13.7. The molecular weight excluding hydrogens is 336 g/mol. The summed E-state index contributed by atoms with van der Waals surface area (Å²) in [5, 5.41) is 6.01. The van der Waals surface area contributed by atoms with Crippen molar-refractivity contribution in [1.29, 1.82) is 0 Å². The summed E-state index contributed by atoms with van der Waals surface area (Å²) < 4.78 is 5.54. The lowest BCUT2D eigenvalue weighted by Gasteiger charge is -2.06. The van der Waals surface area contributed by atoms with E-state index in [0.717, 1.165) is 10.6 Å². The summed E-state index contributed by atoms with van der Waals surface area (Å²) in [6.45, 7) is 0. The van der Waals surface area contributed by atoms with Gasteiger partial charge in [0, 0.05) is 28.9 Å². The lowest BCUT2D eigenvalue weighted by molar-refractivity contribution is 0.0997. The van der Waals surface area contributed by atoms with Crippen LogP contribution in [0.3, 0.4) is 0 Å². The van der Waals surface area contributed by atoms with Crippen LogP contribution in [0.2, 0.25) is 0 Å². The van der Waals surface area contributed by atoms with Crippen LogP contribution in [-0.4, -0.2) is 10.9 Å². The highest BCUT2D eigenvalue weighted by molar-refractivity contribution is 7.13. The van der Waals surface area contributed by atoms with Crippen LogP contribution in [0.5, 0.6) is 0 Å². The van der Waals surface area contributed by atoms with Gasteiger partial charge in [0.05, 0.1) is 5.39 Å². The van der Waals surface area contributed by atoms with Crippen molar-refractivity contribution in [1.82, 2.24) is 4.98 Å². The lowest BCUT2D eigenvalue weighted by Crippen LogP contribution is -2.14. The topological polar surface area (TPSA) is 72.2 Å². The Hall–Kier alpha value is -3.25. The van der Waals surface area contributed by atoms with Crippen molar-refractivity contribution in [2.75, 3.05) is 5.32 Å². The van der Waals surface area contributed by atoms with E-state index in [2.05, 4.69) is 10.3 Å². The van der Waals surface area contributed by atoms with E-state index in [1.165, 1.54) is 6.07 Å². The quantitative estimate of drug-likeness (QED) is 0.603. The van der Waals surface area contributed by atoms with Gasteiger partial charge in [0.15, 0.2) is 11.2 Å². The number of nitrogens with one attached hydrogen (secondary N) is 1. The molecule has 122 valence electrons. The normalized spacial score (nSPS) is 10.7. The van der Waals surface area contributed by atoms with Gasteiger partial charge in [0.2, 0.25) is 0 Å². The molecule has 0 saturated carbocycles. The van der Waals surface area contributed by atoms with E-state index < -0.39 is 5.91 Å². The summed E-state index contributed by atoms with van der Waals surface area (Å²) in [6, 6.07) is 15.4. The number of benzene rings is 2. The van der Waals surface area contributed by atoms with Gasteiger partial charge < -0.3 is 9.73 Å². The first-order chi connectivity index (χ1) is 12.2. The van der Waals surface area contributed by atoms with Crippen molar-refractivity contribution in [2.24, 2.45) is 0 Å². The van der Waals surface area contributed by atoms with Crippen molar-refractivity contribution in [3.05, 3.63) is 82.2 Å². The van der Waals surface area contributed by atoms with E-state index in [0.29, 0.717) is 16.7 Å². The molecule has 2 aromatic heterocycles. The van der Waals surface area contributed by atoms with E-state index in [1.807, 2.05) is 17.5 Å². The SMILES string of the molecule is O=C(Nc1ccc(-c2nccs2)cc1)c1cc(=O)c2ccccc2o1. The minimum atomic E-state index is -0.468. The van der Waals surface area contributed by atoms with Gasteiger partial charge in [-0.1, -0.05) is 12.1 Å². The van der Waals surface area contributed by atoms with Crippen LogP contribution in [0, 0.1) is 0 Å². The van der Waals surface area contributed by atoms with Gasteiger partial charge >= 0.3 is 0 Å². The van der Waals surface area contributed by atoms with Crippen molar-refractivity contribution in [3.63, 3.8) is 0 Å². The number of fused-ring (bicyclic) bond motifs is 1. The minimum Gasteiger partial charge on any atom is -0.451 e. The van der Waals surface area contributed by atoms with E-state index in [1.54, 1.807) is 53.9 Å². The largest absolute Gasteiger partial charge is 0.451 e. The highest BCUT2D eigenvalue weighted by Gasteiger charge is 2.12. The van der Waals surface area contributed by atoms with Gasteiger partial charge in [0.25, 0.3) is 5.91 Å². The zero-order chi connectivity index (χ0) is 17.2. The third kappa shape index (κ3) is 3.07. The number of thiazole rings is 1. The molecule has 0 bridgehead atoms. The molecule has 0 aliphatic carbocycles. The first-order valence-corrected chi connectivity index (χ1v) is 8.43. The monoisotopic (exact) mass is 348 g/mol. The van der Waals surface area contributed by atoms with Gasteiger partial charge in [-0.05, 0) is 36.4 Å². The summed E-state index contributed by atoms with van der Waals surface area (Å²) in [5.41, 5.74) is 1.73. The number of nitrogens with zero attached hydrogens (tertiary/aromatic N) is 1. The minimum absolute atomic E-state index is 0.0206. The number of carbonyl (C=O) groups excluding carboxylic acids is 1. The van der Waals surface area contributed by atoms with Gasteiger partial charge in [-0.2, -0.15) is 0 Å². The fourth-order valence-electron chi connectivity index (χ4n) is 2.47. The predicted octanol–water partition coefficient (Wildman–Crippen LogP) is 4.17. The number of carbonyl (C=O) groups is 1. The smallest absolute Gasteiger partial charge is 0.291 e. The molecule has 2 aromatic carbocycles. The molecule has 25 heavy (non-hydrogen) atoms. The van der Waals surface area contributed by atoms with Crippen LogP contribution >= 0.6 is 11.3 Å². The standard InChI is InChI=1S/C19H12N2O3S/c22-15-11-17(24-16-4-2-1-3-14(15)16)18(23)21-13-7-5-12(6-8-13)19-20-9-10-25-19/h1-11H,(H,21,23). The summed E-state index contributed by atoms with van der Waals surface area (Å²) in [7, 11) is 0. The van der Waals surface area contributed by atoms with E-state index in [-0.39, 0.29) is 11.2 Å². The molecule has 0 saturated heterocycles. The zero-order valence-electron chi connectivity index (χ0n) is 12.9. The van der Waals surface area contributed by atoms with Crippen molar-refractivity contribution in [3.8, 4) is 10.6 Å². The summed E-state index contributed by atoms with van der Waals surface area (Å²) in [6.07, 6.45) is 1.75. The third-order valence-electron chi connectivity index (χ3n) is 3.68. The molecule has 0 aliphatic heterocycles. The van der Waals surface area contributed by atoms with Crippen LogP contribution in [0.4, 0.5) is 5.69 Å². The molecule has 0 fully saturated rings. The molecule has 1 amide bonds. The Morgan fingerprint density at radius 3 is 2.64 bits per heavy atom. The maximum atomic E-state index is 12.4. The fraction of sp³-hybridized carbons (Fsp3) is 0. The average Bonchev–Trinajstić information content (AvgIpc) is 3.17. The number of anilines is 1. The molecule has 0 radical (unpaired) electrons. The fourth-order valence-corrected chi connectivity index (χ4v) is 3.12. The van der Waals surface area contributed by atoms with Crippen molar-refractivity contribution >= 4 is 33.9 Å². The highest BCUT2D eigenvalue weighted by Crippen LogP contribution is 2.23. The molecule has 6 heteroatoms. The maximum Gasteiger partial charge on any atom is 0.291 e. The Morgan fingerprint density at radius 1 is 1.08 bits per heavy atom. The van der Waals surface area contributed by atoms with Gasteiger partial charge in [0.1, 0.15) is 10.6 Å². The number of hydrogen-bond donors (Lipinski definition) is 1. The molecule has 2 heterocycles. The van der Waals surface area contributed by atoms with Gasteiger partial charge in [-0.3, -0.25) is 9.59 Å². The second-order valence-electron chi connectivity index (χ2n) is 5.34. The number of para-hydroxylation sites is 1. The van der Waals surface area contributed by atoms with E-state index >= 15 is 0 Å². The van der Waals surface area contributed by atoms with Gasteiger partial charge in [-0.25, -0.2) is 4.98 Å². The van der Waals surface area contributed by atoms with E-state index in [4.69, 9.17) is 4.42 Å². The molecule has 0 unspecified atom stereocenters. The molecule has 0 spiro atoms. The maximum absolute atomic E-state index is 12.4. The average molecular weight is 348 g/mol. The first kappa shape index (κ1) is 15.3. The molecule has 4 aromatic rings. The molecular formula is C19H12N2O3S. The van der Waals surface area contributed by atoms with Crippen molar-refractivity contribution < 1.29 is 9.21 Å². The third-order valence-corrected chi connectivity index (χ3v) is 4.50.